The maximum atomic E-state index is 11.3. The molecule has 5 nitrogen and oxygen atoms in total. The molecule has 5 rings (SSSR count). The van der Waals surface area contributed by atoms with Crippen LogP contribution in [0.2, 0.25) is 0 Å². The average Bonchev–Trinajstić information content (AvgIpc) is 3.46. The van der Waals surface area contributed by atoms with Crippen LogP contribution in [-0.4, -0.2) is 38.6 Å². The SMILES string of the molecule is C=C1C(=CC=C2CCC[C@]3(C)[C@@H]([C@H](C)C=C[C@@H](O)C4(c5ncc(CCCCC)o5)CC4)CC[C@@H]23)C[C@@H](O)C[C@@H]1O. The van der Waals surface area contributed by atoms with Crippen molar-refractivity contribution in [3.63, 3.8) is 0 Å². The van der Waals surface area contributed by atoms with Crippen molar-refractivity contribution in [3.8, 4) is 0 Å². The second-order valence-corrected chi connectivity index (χ2v) is 13.6. The van der Waals surface area contributed by atoms with Crippen molar-refractivity contribution in [2.45, 2.75) is 128 Å². The summed E-state index contributed by atoms with van der Waals surface area (Å²) >= 11 is 0. The summed E-state index contributed by atoms with van der Waals surface area (Å²) in [6.07, 6.45) is 22.1. The van der Waals surface area contributed by atoms with Crippen LogP contribution >= 0.6 is 0 Å². The van der Waals surface area contributed by atoms with E-state index in [0.29, 0.717) is 36.5 Å². The first-order chi connectivity index (χ1) is 19.2. The molecule has 0 bridgehead atoms. The Bertz CT molecular complexity index is 1140. The lowest BCUT2D eigenvalue weighted by atomic mass is 9.61. The number of aliphatic hydroxyl groups excluding tert-OH is 3. The Labute approximate surface area is 241 Å². The van der Waals surface area contributed by atoms with Crippen LogP contribution in [0.1, 0.15) is 109 Å². The molecule has 1 aromatic heterocycles. The molecular weight excluding hydrogens is 498 g/mol. The second-order valence-electron chi connectivity index (χ2n) is 13.6. The number of aliphatic hydroxyl groups is 3. The van der Waals surface area contributed by atoms with Crippen molar-refractivity contribution in [3.05, 3.63) is 65.5 Å². The van der Waals surface area contributed by atoms with Crippen LogP contribution in [-0.2, 0) is 11.8 Å². The number of aromatic nitrogens is 1. The molecule has 0 spiro atoms. The summed E-state index contributed by atoms with van der Waals surface area (Å²) in [4.78, 5) is 4.59. The molecule has 7 atom stereocenters. The minimum absolute atomic E-state index is 0.243. The highest BCUT2D eigenvalue weighted by molar-refractivity contribution is 5.38. The molecule has 40 heavy (non-hydrogen) atoms. The van der Waals surface area contributed by atoms with Gasteiger partial charge in [-0.3, -0.25) is 0 Å². The van der Waals surface area contributed by atoms with Gasteiger partial charge in [-0.15, -0.1) is 0 Å². The van der Waals surface area contributed by atoms with Crippen LogP contribution in [0.25, 0.3) is 0 Å². The summed E-state index contributed by atoms with van der Waals surface area (Å²) < 4.78 is 6.12. The standard InChI is InChI=1S/C35H51NO4/c1-5-6-7-10-28-22-36-33(40-28)35(18-19-35)32(39)16-11-23(2)29-14-15-30-25(9-8-17-34(29,30)4)12-13-26-20-27(37)21-31(38)24(26)3/h11-13,16,22-23,27,29-32,37-39H,3,5-10,14-15,17-21H2,1-2,4H3/t23-,27-,29-,30+,31+,32-,34-/m1/s1. The molecule has 4 aliphatic carbocycles. The van der Waals surface area contributed by atoms with Crippen LogP contribution in [0, 0.1) is 23.2 Å². The predicted molar refractivity (Wildman–Crippen MR) is 160 cm³/mol. The molecule has 3 N–H and O–H groups in total. The Morgan fingerprint density at radius 3 is 2.70 bits per heavy atom. The predicted octanol–water partition coefficient (Wildman–Crippen LogP) is 7.13. The van der Waals surface area contributed by atoms with Crippen LogP contribution in [0.3, 0.4) is 0 Å². The quantitative estimate of drug-likeness (QED) is 0.213. The third kappa shape index (κ3) is 5.84. The van der Waals surface area contributed by atoms with Crippen molar-refractivity contribution in [2.24, 2.45) is 23.2 Å². The molecule has 1 aromatic rings. The minimum Gasteiger partial charge on any atom is -0.445 e. The van der Waals surface area contributed by atoms with Gasteiger partial charge in [-0.25, -0.2) is 4.98 Å². The summed E-state index contributed by atoms with van der Waals surface area (Å²) in [5, 5.41) is 31.6. The lowest BCUT2D eigenvalue weighted by molar-refractivity contribution is 0.0862. The maximum Gasteiger partial charge on any atom is 0.203 e. The van der Waals surface area contributed by atoms with Crippen LogP contribution < -0.4 is 0 Å². The Balaban J connectivity index is 1.24. The molecule has 1 heterocycles. The molecule has 5 heteroatoms. The van der Waals surface area contributed by atoms with E-state index in [9.17, 15) is 15.3 Å². The van der Waals surface area contributed by atoms with Gasteiger partial charge in [-0.1, -0.05) is 70.1 Å². The van der Waals surface area contributed by atoms with Gasteiger partial charge < -0.3 is 19.7 Å². The fraction of sp³-hybridized carbons (Fsp3) is 0.686. The summed E-state index contributed by atoms with van der Waals surface area (Å²) in [5.41, 5.74) is 3.15. The van der Waals surface area contributed by atoms with Crippen molar-refractivity contribution in [1.82, 2.24) is 4.98 Å². The number of oxazole rings is 1. The Morgan fingerprint density at radius 2 is 1.95 bits per heavy atom. The highest BCUT2D eigenvalue weighted by atomic mass is 16.4. The molecule has 0 radical (unpaired) electrons. The first-order valence-electron chi connectivity index (χ1n) is 15.9. The number of unbranched alkanes of at least 4 members (excludes halogenated alkanes) is 2. The zero-order chi connectivity index (χ0) is 28.5. The van der Waals surface area contributed by atoms with E-state index in [4.69, 9.17) is 4.42 Å². The van der Waals surface area contributed by atoms with Gasteiger partial charge in [0.2, 0.25) is 5.89 Å². The van der Waals surface area contributed by atoms with Gasteiger partial charge in [-0.2, -0.15) is 0 Å². The highest BCUT2D eigenvalue weighted by Gasteiger charge is 2.54. The Morgan fingerprint density at radius 1 is 1.15 bits per heavy atom. The van der Waals surface area contributed by atoms with E-state index in [-0.39, 0.29) is 10.8 Å². The van der Waals surface area contributed by atoms with Crippen molar-refractivity contribution in [1.29, 1.82) is 0 Å². The lowest BCUT2D eigenvalue weighted by Crippen LogP contribution is -2.35. The normalized spacial score (nSPS) is 35.4. The molecule has 4 fully saturated rings. The van der Waals surface area contributed by atoms with E-state index in [1.54, 1.807) is 0 Å². The molecule has 220 valence electrons. The van der Waals surface area contributed by atoms with Crippen LogP contribution in [0.5, 0.6) is 0 Å². The molecular formula is C35H51NO4. The first kappa shape index (κ1) is 29.5. The fourth-order valence-electron chi connectivity index (χ4n) is 8.18. The van der Waals surface area contributed by atoms with Gasteiger partial charge in [0, 0.05) is 12.8 Å². The highest BCUT2D eigenvalue weighted by Crippen LogP contribution is 2.60. The van der Waals surface area contributed by atoms with E-state index in [1.165, 1.54) is 44.1 Å². The molecule has 0 amide bonds. The third-order valence-corrected chi connectivity index (χ3v) is 10.9. The smallest absolute Gasteiger partial charge is 0.203 e. The molecule has 0 unspecified atom stereocenters. The summed E-state index contributed by atoms with van der Waals surface area (Å²) in [6.45, 7) is 11.1. The fourth-order valence-corrected chi connectivity index (χ4v) is 8.18. The van der Waals surface area contributed by atoms with Crippen molar-refractivity contribution >= 4 is 0 Å². The third-order valence-electron chi connectivity index (χ3n) is 10.9. The maximum absolute atomic E-state index is 11.3. The van der Waals surface area contributed by atoms with E-state index < -0.39 is 18.3 Å². The Hall–Kier alpha value is -1.95. The van der Waals surface area contributed by atoms with E-state index in [0.717, 1.165) is 49.0 Å². The monoisotopic (exact) mass is 549 g/mol. The topological polar surface area (TPSA) is 86.7 Å². The van der Waals surface area contributed by atoms with Crippen LogP contribution in [0.4, 0.5) is 0 Å². The summed E-state index contributed by atoms with van der Waals surface area (Å²) in [5.74, 6) is 3.18. The van der Waals surface area contributed by atoms with E-state index in [2.05, 4.69) is 50.6 Å². The van der Waals surface area contributed by atoms with Gasteiger partial charge in [0.05, 0.1) is 29.9 Å². The molecule has 0 aliphatic heterocycles. The summed E-state index contributed by atoms with van der Waals surface area (Å²) in [7, 11) is 0. The van der Waals surface area contributed by atoms with Crippen molar-refractivity contribution < 1.29 is 19.7 Å². The number of aryl methyl sites for hydroxylation is 1. The first-order valence-corrected chi connectivity index (χ1v) is 15.9. The number of rotatable bonds is 10. The number of allylic oxidation sites excluding steroid dienone is 4. The number of fused-ring (bicyclic) bond motifs is 1. The van der Waals surface area contributed by atoms with Crippen LogP contribution in [0.15, 0.2) is 58.2 Å². The average molecular weight is 550 g/mol. The van der Waals surface area contributed by atoms with E-state index >= 15 is 0 Å². The molecule has 4 saturated carbocycles. The van der Waals surface area contributed by atoms with Crippen molar-refractivity contribution in [2.75, 3.05) is 0 Å². The van der Waals surface area contributed by atoms with Gasteiger partial charge in [0.25, 0.3) is 0 Å². The molecule has 4 aliphatic rings. The molecule has 0 aromatic carbocycles. The zero-order valence-corrected chi connectivity index (χ0v) is 24.9. The Kier molecular flexibility index (Phi) is 8.94. The second kappa shape index (κ2) is 12.1. The number of hydrogen-bond donors (Lipinski definition) is 3. The summed E-state index contributed by atoms with van der Waals surface area (Å²) in [6, 6.07) is 0. The van der Waals surface area contributed by atoms with Gasteiger partial charge >= 0.3 is 0 Å². The van der Waals surface area contributed by atoms with Gasteiger partial charge in [0.15, 0.2) is 0 Å². The number of hydrogen-bond acceptors (Lipinski definition) is 5. The van der Waals surface area contributed by atoms with E-state index in [1.807, 2.05) is 12.3 Å². The van der Waals surface area contributed by atoms with Gasteiger partial charge in [0.1, 0.15) is 5.76 Å². The lowest BCUT2D eigenvalue weighted by Gasteiger charge is -2.44. The zero-order valence-electron chi connectivity index (χ0n) is 24.9. The largest absolute Gasteiger partial charge is 0.445 e. The molecule has 0 saturated heterocycles. The number of nitrogens with zero attached hydrogens (tertiary/aromatic N) is 1. The van der Waals surface area contributed by atoms with Gasteiger partial charge in [-0.05, 0) is 92.1 Å². The minimum atomic E-state index is -0.643.